The molecular formula is C11H11F2NO4. The summed E-state index contributed by atoms with van der Waals surface area (Å²) < 4.78 is 30.7. The molecule has 5 nitrogen and oxygen atoms in total. The summed E-state index contributed by atoms with van der Waals surface area (Å²) in [5.41, 5.74) is 0. The number of carbonyl (C=O) groups excluding carboxylic acids is 1. The van der Waals surface area contributed by atoms with E-state index in [2.05, 4.69) is 0 Å². The molecule has 18 heavy (non-hydrogen) atoms. The fourth-order valence-electron chi connectivity index (χ4n) is 1.14. The Balaban J connectivity index is 2.57. The van der Waals surface area contributed by atoms with Gasteiger partial charge in [-0.05, 0) is 19.1 Å². The average molecular weight is 259 g/mol. The molecule has 0 aliphatic heterocycles. The zero-order valence-electron chi connectivity index (χ0n) is 9.44. The molecule has 1 unspecified atom stereocenters. The molecular weight excluding hydrogens is 248 g/mol. The van der Waals surface area contributed by atoms with Crippen LogP contribution in [0, 0.1) is 11.6 Å². The van der Waals surface area contributed by atoms with Gasteiger partial charge in [0.1, 0.15) is 6.61 Å². The monoisotopic (exact) mass is 259 g/mol. The SMILES string of the molecule is CC(NC(=O)O)C(=O)COc1cccc(F)c1F. The molecule has 1 aromatic carbocycles. The Bertz CT molecular complexity index is 464. The van der Waals surface area contributed by atoms with Gasteiger partial charge in [0.2, 0.25) is 5.82 Å². The van der Waals surface area contributed by atoms with Gasteiger partial charge in [-0.15, -0.1) is 0 Å². The maximum absolute atomic E-state index is 13.1. The summed E-state index contributed by atoms with van der Waals surface area (Å²) in [6.07, 6.45) is -1.35. The highest BCUT2D eigenvalue weighted by Gasteiger charge is 2.17. The largest absolute Gasteiger partial charge is 0.483 e. The lowest BCUT2D eigenvalue weighted by atomic mass is 10.2. The van der Waals surface area contributed by atoms with Crippen molar-refractivity contribution in [3.05, 3.63) is 29.8 Å². The van der Waals surface area contributed by atoms with Crippen molar-refractivity contribution >= 4 is 11.9 Å². The molecule has 98 valence electrons. The molecule has 0 fully saturated rings. The molecule has 1 atom stereocenters. The lowest BCUT2D eigenvalue weighted by Gasteiger charge is -2.11. The van der Waals surface area contributed by atoms with Crippen LogP contribution in [0.15, 0.2) is 18.2 Å². The quantitative estimate of drug-likeness (QED) is 0.841. The maximum atomic E-state index is 13.1. The van der Waals surface area contributed by atoms with E-state index in [1.807, 2.05) is 5.32 Å². The fourth-order valence-corrected chi connectivity index (χ4v) is 1.14. The molecule has 1 rings (SSSR count). The first-order valence-corrected chi connectivity index (χ1v) is 5.00. The van der Waals surface area contributed by atoms with E-state index >= 15 is 0 Å². The molecule has 0 radical (unpaired) electrons. The molecule has 0 heterocycles. The van der Waals surface area contributed by atoms with Crippen LogP contribution in [0.3, 0.4) is 0 Å². The number of halogens is 2. The average Bonchev–Trinajstić information content (AvgIpc) is 2.29. The van der Waals surface area contributed by atoms with Crippen LogP contribution in [-0.4, -0.2) is 29.6 Å². The lowest BCUT2D eigenvalue weighted by molar-refractivity contribution is -0.122. The Labute approximate surface area is 101 Å². The van der Waals surface area contributed by atoms with E-state index in [0.29, 0.717) is 0 Å². The molecule has 0 spiro atoms. The van der Waals surface area contributed by atoms with E-state index in [1.165, 1.54) is 19.1 Å². The summed E-state index contributed by atoms with van der Waals surface area (Å²) in [6.45, 7) is 0.767. The minimum atomic E-state index is -1.35. The predicted octanol–water partition coefficient (Wildman–Crippen LogP) is 1.57. The van der Waals surface area contributed by atoms with Gasteiger partial charge in [0.05, 0.1) is 6.04 Å². The molecule has 0 saturated carbocycles. The van der Waals surface area contributed by atoms with Crippen LogP contribution < -0.4 is 10.1 Å². The number of ether oxygens (including phenoxy) is 1. The number of Topliss-reactive ketones (excluding diaryl/α,β-unsaturated/α-hetero) is 1. The minimum Gasteiger partial charge on any atom is -0.483 e. The first-order chi connectivity index (χ1) is 8.41. The minimum absolute atomic E-state index is 0.397. The second-order valence-electron chi connectivity index (χ2n) is 3.48. The number of amides is 1. The number of carbonyl (C=O) groups is 2. The van der Waals surface area contributed by atoms with Crippen molar-refractivity contribution in [2.75, 3.05) is 6.61 Å². The van der Waals surface area contributed by atoms with Gasteiger partial charge in [0.15, 0.2) is 17.3 Å². The molecule has 0 aliphatic rings. The van der Waals surface area contributed by atoms with Crippen LogP contribution in [0.2, 0.25) is 0 Å². The van der Waals surface area contributed by atoms with Crippen molar-refractivity contribution < 1.29 is 28.2 Å². The maximum Gasteiger partial charge on any atom is 0.405 e. The standard InChI is InChI=1S/C11H11F2NO4/c1-6(14-11(16)17)8(15)5-18-9-4-2-3-7(12)10(9)13/h2-4,6,14H,5H2,1H3,(H,16,17). The lowest BCUT2D eigenvalue weighted by Crippen LogP contribution is -2.39. The molecule has 1 aromatic rings. The molecule has 0 aliphatic carbocycles. The molecule has 0 bridgehead atoms. The Morgan fingerprint density at radius 2 is 2.11 bits per heavy atom. The van der Waals surface area contributed by atoms with E-state index in [4.69, 9.17) is 9.84 Å². The number of carboxylic acid groups (broad SMARTS) is 1. The topological polar surface area (TPSA) is 75.6 Å². The van der Waals surface area contributed by atoms with Crippen molar-refractivity contribution in [1.82, 2.24) is 5.32 Å². The summed E-state index contributed by atoms with van der Waals surface area (Å²) in [4.78, 5) is 21.7. The summed E-state index contributed by atoms with van der Waals surface area (Å²) in [5.74, 6) is -3.27. The van der Waals surface area contributed by atoms with E-state index < -0.39 is 41.9 Å². The van der Waals surface area contributed by atoms with E-state index in [9.17, 15) is 18.4 Å². The van der Waals surface area contributed by atoms with E-state index in [0.717, 1.165) is 6.07 Å². The zero-order valence-corrected chi connectivity index (χ0v) is 9.44. The van der Waals surface area contributed by atoms with Crippen LogP contribution in [0.25, 0.3) is 0 Å². The summed E-state index contributed by atoms with van der Waals surface area (Å²) in [7, 11) is 0. The Kier molecular flexibility index (Phi) is 4.59. The van der Waals surface area contributed by atoms with Crippen molar-refractivity contribution in [2.45, 2.75) is 13.0 Å². The van der Waals surface area contributed by atoms with Crippen LogP contribution in [0.5, 0.6) is 5.75 Å². The van der Waals surface area contributed by atoms with Gasteiger partial charge in [-0.25, -0.2) is 9.18 Å². The van der Waals surface area contributed by atoms with Crippen LogP contribution in [0.4, 0.5) is 13.6 Å². The predicted molar refractivity (Wildman–Crippen MR) is 57.5 cm³/mol. The molecule has 0 saturated heterocycles. The fraction of sp³-hybridized carbons (Fsp3) is 0.273. The first kappa shape index (κ1) is 13.9. The third kappa shape index (κ3) is 3.69. The van der Waals surface area contributed by atoms with Crippen molar-refractivity contribution in [3.8, 4) is 5.75 Å². The summed E-state index contributed by atoms with van der Waals surface area (Å²) in [5, 5.41) is 10.3. The number of nitrogens with one attached hydrogen (secondary N) is 1. The van der Waals surface area contributed by atoms with Gasteiger partial charge in [0.25, 0.3) is 0 Å². The van der Waals surface area contributed by atoms with Gasteiger partial charge in [-0.1, -0.05) is 6.07 Å². The summed E-state index contributed by atoms with van der Waals surface area (Å²) in [6, 6.07) is 2.33. The van der Waals surface area contributed by atoms with Crippen molar-refractivity contribution in [1.29, 1.82) is 0 Å². The smallest absolute Gasteiger partial charge is 0.405 e. The van der Waals surface area contributed by atoms with Gasteiger partial charge in [-0.2, -0.15) is 4.39 Å². The number of rotatable bonds is 5. The highest BCUT2D eigenvalue weighted by atomic mass is 19.2. The third-order valence-corrected chi connectivity index (χ3v) is 2.11. The second kappa shape index (κ2) is 5.95. The van der Waals surface area contributed by atoms with Crippen molar-refractivity contribution in [2.24, 2.45) is 0 Å². The van der Waals surface area contributed by atoms with Crippen LogP contribution >= 0.6 is 0 Å². The van der Waals surface area contributed by atoms with Gasteiger partial charge in [0, 0.05) is 0 Å². The number of benzene rings is 1. The second-order valence-corrected chi connectivity index (χ2v) is 3.48. The van der Waals surface area contributed by atoms with Gasteiger partial charge < -0.3 is 15.2 Å². The van der Waals surface area contributed by atoms with Crippen LogP contribution in [0.1, 0.15) is 6.92 Å². The summed E-state index contributed by atoms with van der Waals surface area (Å²) >= 11 is 0. The van der Waals surface area contributed by atoms with Crippen molar-refractivity contribution in [3.63, 3.8) is 0 Å². The Hall–Kier alpha value is -2.18. The molecule has 1 amide bonds. The van der Waals surface area contributed by atoms with Gasteiger partial charge in [-0.3, -0.25) is 4.79 Å². The molecule has 2 N–H and O–H groups in total. The molecule has 0 aromatic heterocycles. The van der Waals surface area contributed by atoms with Crippen LogP contribution in [-0.2, 0) is 4.79 Å². The first-order valence-electron chi connectivity index (χ1n) is 5.00. The highest BCUT2D eigenvalue weighted by molar-refractivity contribution is 5.87. The Morgan fingerprint density at radius 1 is 1.44 bits per heavy atom. The normalized spacial score (nSPS) is 11.7. The van der Waals surface area contributed by atoms with E-state index in [1.54, 1.807) is 0 Å². The number of ketones is 1. The number of hydrogen-bond donors (Lipinski definition) is 2. The molecule has 7 heteroatoms. The van der Waals surface area contributed by atoms with Gasteiger partial charge >= 0.3 is 6.09 Å². The number of hydrogen-bond acceptors (Lipinski definition) is 3. The zero-order chi connectivity index (χ0) is 13.7. The third-order valence-electron chi connectivity index (χ3n) is 2.11. The highest BCUT2D eigenvalue weighted by Crippen LogP contribution is 2.18. The Morgan fingerprint density at radius 3 is 2.72 bits per heavy atom. The van der Waals surface area contributed by atoms with E-state index in [-0.39, 0.29) is 0 Å².